The van der Waals surface area contributed by atoms with Crippen LogP contribution in [0.4, 0.5) is 5.69 Å². The molecule has 6 heteroatoms. The van der Waals surface area contributed by atoms with Crippen LogP contribution in [0.1, 0.15) is 41.4 Å². The molecule has 2 aliphatic rings. The van der Waals surface area contributed by atoms with Gasteiger partial charge in [-0.05, 0) is 49.1 Å². The maximum atomic E-state index is 13.2. The molecule has 0 bridgehead atoms. The average Bonchev–Trinajstić information content (AvgIpc) is 3.11. The van der Waals surface area contributed by atoms with Gasteiger partial charge < -0.3 is 19.5 Å². The number of aliphatic carboxylic acids is 1. The number of hydrogen-bond donors (Lipinski definition) is 1. The SMILES string of the molecule is CC1CCN(C(=O)c2ccc3c(c2)c2c(n3CC(=O)O)CCN(c3ccccc3)C2)CC1. The third kappa shape index (κ3) is 3.74. The fraction of sp³-hybridized carbons (Fsp3) is 0.385. The van der Waals surface area contributed by atoms with Crippen molar-refractivity contribution in [3.63, 3.8) is 0 Å². The summed E-state index contributed by atoms with van der Waals surface area (Å²) in [6.07, 6.45) is 2.87. The molecule has 0 radical (unpaired) electrons. The van der Waals surface area contributed by atoms with Crippen molar-refractivity contribution in [2.75, 3.05) is 24.5 Å². The number of rotatable bonds is 4. The molecule has 0 spiro atoms. The number of para-hydroxylation sites is 1. The van der Waals surface area contributed by atoms with Crippen LogP contribution in [0.25, 0.3) is 10.9 Å². The number of nitrogens with zero attached hydrogens (tertiary/aromatic N) is 3. The normalized spacial score (nSPS) is 16.9. The summed E-state index contributed by atoms with van der Waals surface area (Å²) in [7, 11) is 0. The van der Waals surface area contributed by atoms with E-state index in [-0.39, 0.29) is 12.5 Å². The lowest BCUT2D eigenvalue weighted by Crippen LogP contribution is -2.37. The van der Waals surface area contributed by atoms with Gasteiger partial charge in [-0.25, -0.2) is 0 Å². The molecule has 0 unspecified atom stereocenters. The van der Waals surface area contributed by atoms with Gasteiger partial charge in [0.05, 0.1) is 0 Å². The van der Waals surface area contributed by atoms with Gasteiger partial charge in [-0.2, -0.15) is 0 Å². The van der Waals surface area contributed by atoms with E-state index in [0.717, 1.165) is 66.7 Å². The second kappa shape index (κ2) is 8.34. The molecule has 1 fully saturated rings. The molecule has 1 saturated heterocycles. The predicted octanol–water partition coefficient (Wildman–Crippen LogP) is 4.16. The van der Waals surface area contributed by atoms with Gasteiger partial charge in [0.2, 0.25) is 0 Å². The largest absolute Gasteiger partial charge is 0.480 e. The van der Waals surface area contributed by atoms with Crippen molar-refractivity contribution < 1.29 is 14.7 Å². The summed E-state index contributed by atoms with van der Waals surface area (Å²) in [5.41, 5.74) is 4.96. The minimum Gasteiger partial charge on any atom is -0.480 e. The van der Waals surface area contributed by atoms with E-state index in [0.29, 0.717) is 18.0 Å². The van der Waals surface area contributed by atoms with Gasteiger partial charge in [-0.1, -0.05) is 25.1 Å². The molecule has 1 amide bonds. The summed E-state index contributed by atoms with van der Waals surface area (Å²) in [5.74, 6) is -0.102. The molecule has 166 valence electrons. The van der Waals surface area contributed by atoms with Gasteiger partial charge >= 0.3 is 5.97 Å². The fourth-order valence-corrected chi connectivity index (χ4v) is 5.15. The van der Waals surface area contributed by atoms with Crippen molar-refractivity contribution in [1.82, 2.24) is 9.47 Å². The van der Waals surface area contributed by atoms with Gasteiger partial charge in [0.25, 0.3) is 5.91 Å². The number of piperidine rings is 1. The fourth-order valence-electron chi connectivity index (χ4n) is 5.15. The van der Waals surface area contributed by atoms with E-state index in [1.54, 1.807) is 0 Å². The Hall–Kier alpha value is -3.28. The second-order valence-electron chi connectivity index (χ2n) is 9.12. The van der Waals surface area contributed by atoms with E-state index < -0.39 is 5.97 Å². The number of benzene rings is 2. The summed E-state index contributed by atoms with van der Waals surface area (Å²) in [6.45, 7) is 5.33. The Balaban J connectivity index is 1.54. The summed E-state index contributed by atoms with van der Waals surface area (Å²) < 4.78 is 1.92. The monoisotopic (exact) mass is 431 g/mol. The summed E-state index contributed by atoms with van der Waals surface area (Å²) in [5, 5.41) is 10.5. The number of likely N-dealkylation sites (tertiary alicyclic amines) is 1. The van der Waals surface area contributed by atoms with Crippen LogP contribution in [0.2, 0.25) is 0 Å². The van der Waals surface area contributed by atoms with E-state index in [9.17, 15) is 14.7 Å². The topological polar surface area (TPSA) is 65.8 Å². The molecule has 0 aliphatic carbocycles. The van der Waals surface area contributed by atoms with E-state index in [1.807, 2.05) is 45.9 Å². The highest BCUT2D eigenvalue weighted by Gasteiger charge is 2.27. The first-order valence-electron chi connectivity index (χ1n) is 11.5. The van der Waals surface area contributed by atoms with E-state index in [2.05, 4.69) is 24.0 Å². The standard InChI is InChI=1S/C26H29N3O3/c1-18-9-12-27(13-10-18)26(32)19-7-8-23-21(15-19)22-16-28(20-5-3-2-4-6-20)14-11-24(22)29(23)17-25(30)31/h2-8,15,18H,9-14,16-17H2,1H3,(H,30,31). The molecule has 2 aliphatic heterocycles. The van der Waals surface area contributed by atoms with Crippen LogP contribution in [-0.4, -0.2) is 46.1 Å². The highest BCUT2D eigenvalue weighted by molar-refractivity contribution is 5.99. The molecule has 32 heavy (non-hydrogen) atoms. The van der Waals surface area contributed by atoms with Gasteiger partial charge in [0.15, 0.2) is 0 Å². The zero-order valence-electron chi connectivity index (χ0n) is 18.5. The number of carbonyl (C=O) groups excluding carboxylic acids is 1. The smallest absolute Gasteiger partial charge is 0.323 e. The minimum atomic E-state index is -0.849. The maximum absolute atomic E-state index is 13.2. The Labute approximate surface area is 188 Å². The van der Waals surface area contributed by atoms with E-state index in [1.165, 1.54) is 0 Å². The molecule has 6 nitrogen and oxygen atoms in total. The lowest BCUT2D eigenvalue weighted by atomic mass is 9.98. The molecular weight excluding hydrogens is 402 g/mol. The quantitative estimate of drug-likeness (QED) is 0.674. The predicted molar refractivity (Wildman–Crippen MR) is 125 cm³/mol. The highest BCUT2D eigenvalue weighted by atomic mass is 16.4. The van der Waals surface area contributed by atoms with E-state index >= 15 is 0 Å². The molecule has 5 rings (SSSR count). The van der Waals surface area contributed by atoms with Crippen molar-refractivity contribution in [3.05, 3.63) is 65.4 Å². The van der Waals surface area contributed by atoms with Gasteiger partial charge in [-0.15, -0.1) is 0 Å². The lowest BCUT2D eigenvalue weighted by molar-refractivity contribution is -0.137. The number of carbonyl (C=O) groups is 2. The first kappa shape index (κ1) is 20.6. The molecule has 0 saturated carbocycles. The van der Waals surface area contributed by atoms with Crippen LogP contribution in [0.5, 0.6) is 0 Å². The summed E-state index contributed by atoms with van der Waals surface area (Å²) in [6, 6.07) is 16.1. The molecule has 0 atom stereocenters. The third-order valence-corrected chi connectivity index (χ3v) is 6.99. The lowest BCUT2D eigenvalue weighted by Gasteiger charge is -2.30. The Morgan fingerprint density at radius 2 is 1.78 bits per heavy atom. The van der Waals surface area contributed by atoms with Gasteiger partial charge in [0.1, 0.15) is 6.54 Å². The van der Waals surface area contributed by atoms with Crippen LogP contribution in [0, 0.1) is 5.92 Å². The van der Waals surface area contributed by atoms with Crippen molar-refractivity contribution in [2.24, 2.45) is 5.92 Å². The number of aromatic nitrogens is 1. The third-order valence-electron chi connectivity index (χ3n) is 6.99. The van der Waals surface area contributed by atoms with Crippen LogP contribution in [0.15, 0.2) is 48.5 Å². The highest BCUT2D eigenvalue weighted by Crippen LogP contribution is 2.34. The van der Waals surface area contributed by atoms with Gasteiger partial charge in [-0.3, -0.25) is 9.59 Å². The molecule has 2 aromatic carbocycles. The van der Waals surface area contributed by atoms with Crippen LogP contribution >= 0.6 is 0 Å². The van der Waals surface area contributed by atoms with Crippen LogP contribution in [0.3, 0.4) is 0 Å². The average molecular weight is 432 g/mol. The molecule has 1 aromatic heterocycles. The Kier molecular flexibility index (Phi) is 5.37. The number of anilines is 1. The Morgan fingerprint density at radius 1 is 1.03 bits per heavy atom. The van der Waals surface area contributed by atoms with Gasteiger partial charge in [0, 0.05) is 66.0 Å². The van der Waals surface area contributed by atoms with Crippen molar-refractivity contribution in [1.29, 1.82) is 0 Å². The van der Waals surface area contributed by atoms with Crippen LogP contribution < -0.4 is 4.90 Å². The number of amides is 1. The molecule has 3 heterocycles. The maximum Gasteiger partial charge on any atom is 0.323 e. The molecule has 1 N–H and O–H groups in total. The van der Waals surface area contributed by atoms with Crippen molar-refractivity contribution in [3.8, 4) is 0 Å². The molecule has 3 aromatic rings. The van der Waals surface area contributed by atoms with Crippen molar-refractivity contribution in [2.45, 2.75) is 39.3 Å². The Bertz CT molecular complexity index is 1160. The van der Waals surface area contributed by atoms with Crippen molar-refractivity contribution >= 4 is 28.5 Å². The first-order chi connectivity index (χ1) is 15.5. The number of carboxylic acids is 1. The Morgan fingerprint density at radius 3 is 2.50 bits per heavy atom. The summed E-state index contributed by atoms with van der Waals surface area (Å²) >= 11 is 0. The number of fused-ring (bicyclic) bond motifs is 3. The van der Waals surface area contributed by atoms with E-state index in [4.69, 9.17) is 0 Å². The zero-order valence-corrected chi connectivity index (χ0v) is 18.5. The minimum absolute atomic E-state index is 0.0610. The number of hydrogen-bond acceptors (Lipinski definition) is 3. The van der Waals surface area contributed by atoms with Crippen LogP contribution in [-0.2, 0) is 24.3 Å². The summed E-state index contributed by atoms with van der Waals surface area (Å²) in [4.78, 5) is 29.1. The first-order valence-corrected chi connectivity index (χ1v) is 11.5. The second-order valence-corrected chi connectivity index (χ2v) is 9.12. The zero-order chi connectivity index (χ0) is 22.2. The molecular formula is C26H29N3O3. The number of carboxylic acid groups (broad SMARTS) is 1.